The summed E-state index contributed by atoms with van der Waals surface area (Å²) < 4.78 is 0. The lowest BCUT2D eigenvalue weighted by Gasteiger charge is -2.32. The molecule has 20 heavy (non-hydrogen) atoms. The van der Waals surface area contributed by atoms with Crippen molar-refractivity contribution in [3.63, 3.8) is 0 Å². The van der Waals surface area contributed by atoms with E-state index in [9.17, 15) is 0 Å². The van der Waals surface area contributed by atoms with E-state index >= 15 is 0 Å². The SMILES string of the molecule is C=CC1=CC=C(CN(c2ccccc2)C(C)CC)CC1. The summed E-state index contributed by atoms with van der Waals surface area (Å²) in [5.41, 5.74) is 4.18. The first-order valence-corrected chi connectivity index (χ1v) is 7.57. The average Bonchev–Trinajstić information content (AvgIpc) is 2.53. The predicted molar refractivity (Wildman–Crippen MR) is 89.1 cm³/mol. The van der Waals surface area contributed by atoms with Crippen LogP contribution in [0, 0.1) is 0 Å². The second kappa shape index (κ2) is 7.14. The first kappa shape index (κ1) is 14.6. The van der Waals surface area contributed by atoms with Crippen molar-refractivity contribution in [3.8, 4) is 0 Å². The van der Waals surface area contributed by atoms with Crippen LogP contribution < -0.4 is 4.90 Å². The molecule has 1 heteroatoms. The summed E-state index contributed by atoms with van der Waals surface area (Å²) in [5, 5.41) is 0. The Hall–Kier alpha value is -1.76. The molecule has 0 aromatic heterocycles. The number of hydrogen-bond acceptors (Lipinski definition) is 1. The molecule has 1 aliphatic rings. The first-order valence-electron chi connectivity index (χ1n) is 7.57. The topological polar surface area (TPSA) is 3.24 Å². The van der Waals surface area contributed by atoms with Gasteiger partial charge in [-0.3, -0.25) is 0 Å². The maximum absolute atomic E-state index is 3.85. The van der Waals surface area contributed by atoms with Gasteiger partial charge in [-0.25, -0.2) is 0 Å². The van der Waals surface area contributed by atoms with Crippen molar-refractivity contribution in [1.82, 2.24) is 0 Å². The molecule has 0 amide bonds. The van der Waals surface area contributed by atoms with E-state index in [-0.39, 0.29) is 0 Å². The lowest BCUT2D eigenvalue weighted by atomic mass is 9.97. The van der Waals surface area contributed by atoms with Crippen molar-refractivity contribution in [2.45, 2.75) is 39.2 Å². The summed E-state index contributed by atoms with van der Waals surface area (Å²) >= 11 is 0. The maximum Gasteiger partial charge on any atom is 0.0395 e. The Kier molecular flexibility index (Phi) is 5.23. The number of hydrogen-bond donors (Lipinski definition) is 0. The van der Waals surface area contributed by atoms with Crippen molar-refractivity contribution < 1.29 is 0 Å². The molecule has 0 saturated heterocycles. The van der Waals surface area contributed by atoms with Crippen LogP contribution in [0.4, 0.5) is 5.69 Å². The van der Waals surface area contributed by atoms with Gasteiger partial charge in [0.1, 0.15) is 0 Å². The number of benzene rings is 1. The molecular formula is C19H25N. The van der Waals surface area contributed by atoms with Crippen LogP contribution in [0.25, 0.3) is 0 Å². The molecule has 0 N–H and O–H groups in total. The van der Waals surface area contributed by atoms with Gasteiger partial charge in [0.05, 0.1) is 0 Å². The number of rotatable bonds is 6. The minimum absolute atomic E-state index is 0.558. The van der Waals surface area contributed by atoms with E-state index in [2.05, 4.69) is 67.8 Å². The van der Waals surface area contributed by atoms with Gasteiger partial charge in [0.25, 0.3) is 0 Å². The quantitative estimate of drug-likeness (QED) is 0.691. The Morgan fingerprint density at radius 3 is 2.50 bits per heavy atom. The van der Waals surface area contributed by atoms with Crippen molar-refractivity contribution in [2.24, 2.45) is 0 Å². The Morgan fingerprint density at radius 2 is 1.95 bits per heavy atom. The third-order valence-corrected chi connectivity index (χ3v) is 4.11. The van der Waals surface area contributed by atoms with Gasteiger partial charge in [-0.15, -0.1) is 0 Å². The fourth-order valence-corrected chi connectivity index (χ4v) is 2.56. The van der Waals surface area contributed by atoms with Gasteiger partial charge in [0.2, 0.25) is 0 Å². The molecule has 1 atom stereocenters. The molecule has 1 aromatic rings. The lowest BCUT2D eigenvalue weighted by Crippen LogP contribution is -2.34. The van der Waals surface area contributed by atoms with Crippen molar-refractivity contribution in [1.29, 1.82) is 0 Å². The molecule has 0 saturated carbocycles. The van der Waals surface area contributed by atoms with Crippen molar-refractivity contribution in [2.75, 3.05) is 11.4 Å². The highest BCUT2D eigenvalue weighted by Gasteiger charge is 2.15. The Balaban J connectivity index is 2.15. The molecule has 1 aromatic carbocycles. The van der Waals surface area contributed by atoms with Gasteiger partial charge in [-0.05, 0) is 43.9 Å². The third kappa shape index (κ3) is 3.63. The molecule has 0 aliphatic heterocycles. The van der Waals surface area contributed by atoms with Crippen LogP contribution in [0.1, 0.15) is 33.1 Å². The monoisotopic (exact) mass is 267 g/mol. The van der Waals surface area contributed by atoms with E-state index in [0.717, 1.165) is 25.8 Å². The van der Waals surface area contributed by atoms with Gasteiger partial charge >= 0.3 is 0 Å². The Morgan fingerprint density at radius 1 is 1.20 bits per heavy atom. The fourth-order valence-electron chi connectivity index (χ4n) is 2.56. The maximum atomic E-state index is 3.85. The minimum Gasteiger partial charge on any atom is -0.365 e. The molecular weight excluding hydrogens is 242 g/mol. The Bertz CT molecular complexity index is 496. The number of allylic oxidation sites excluding steroid dienone is 4. The molecule has 1 aliphatic carbocycles. The molecule has 2 rings (SSSR count). The summed E-state index contributed by atoms with van der Waals surface area (Å²) in [6.45, 7) is 9.44. The molecule has 0 heterocycles. The molecule has 1 nitrogen and oxygen atoms in total. The van der Waals surface area contributed by atoms with Gasteiger partial charge < -0.3 is 4.90 Å². The molecule has 0 spiro atoms. The summed E-state index contributed by atoms with van der Waals surface area (Å²) in [7, 11) is 0. The van der Waals surface area contributed by atoms with Crippen LogP contribution in [-0.2, 0) is 0 Å². The van der Waals surface area contributed by atoms with E-state index in [0.29, 0.717) is 6.04 Å². The van der Waals surface area contributed by atoms with Crippen LogP contribution in [0.15, 0.2) is 66.3 Å². The molecule has 0 bridgehead atoms. The van der Waals surface area contributed by atoms with Gasteiger partial charge in [0.15, 0.2) is 0 Å². The molecule has 0 fully saturated rings. The second-order valence-electron chi connectivity index (χ2n) is 5.49. The summed E-state index contributed by atoms with van der Waals surface area (Å²) in [4.78, 5) is 2.51. The number of nitrogens with zero attached hydrogens (tertiary/aromatic N) is 1. The normalized spacial score (nSPS) is 16.1. The zero-order valence-corrected chi connectivity index (χ0v) is 12.7. The van der Waals surface area contributed by atoms with Crippen LogP contribution in [-0.4, -0.2) is 12.6 Å². The van der Waals surface area contributed by atoms with E-state index in [1.54, 1.807) is 0 Å². The number of para-hydroxylation sites is 1. The van der Waals surface area contributed by atoms with Crippen LogP contribution in [0.5, 0.6) is 0 Å². The van der Waals surface area contributed by atoms with Crippen LogP contribution in [0.3, 0.4) is 0 Å². The van der Waals surface area contributed by atoms with E-state index < -0.39 is 0 Å². The summed E-state index contributed by atoms with van der Waals surface area (Å²) in [5.74, 6) is 0. The standard InChI is InChI=1S/C19H25N/c1-4-16(3)20(19-9-7-6-8-10-19)15-18-13-11-17(5-2)12-14-18/h5-11,13,16H,2,4,12,14-15H2,1,3H3. The highest BCUT2D eigenvalue weighted by molar-refractivity contribution is 5.49. The van der Waals surface area contributed by atoms with Crippen LogP contribution >= 0.6 is 0 Å². The first-order chi connectivity index (χ1) is 9.74. The fraction of sp³-hybridized carbons (Fsp3) is 0.368. The van der Waals surface area contributed by atoms with E-state index in [4.69, 9.17) is 0 Å². The Labute approximate surface area is 123 Å². The van der Waals surface area contributed by atoms with Crippen LogP contribution in [0.2, 0.25) is 0 Å². The van der Waals surface area contributed by atoms with Gasteiger partial charge in [-0.2, -0.15) is 0 Å². The van der Waals surface area contributed by atoms with E-state index in [1.165, 1.54) is 16.8 Å². The average molecular weight is 267 g/mol. The lowest BCUT2D eigenvalue weighted by molar-refractivity contribution is 0.628. The third-order valence-electron chi connectivity index (χ3n) is 4.11. The zero-order valence-electron chi connectivity index (χ0n) is 12.7. The highest BCUT2D eigenvalue weighted by Crippen LogP contribution is 2.24. The predicted octanol–water partition coefficient (Wildman–Crippen LogP) is 5.12. The molecule has 1 unspecified atom stereocenters. The van der Waals surface area contributed by atoms with Gasteiger partial charge in [-0.1, -0.05) is 55.5 Å². The summed E-state index contributed by atoms with van der Waals surface area (Å²) in [6.07, 6.45) is 9.90. The second-order valence-corrected chi connectivity index (χ2v) is 5.49. The molecule has 106 valence electrons. The smallest absolute Gasteiger partial charge is 0.0395 e. The molecule has 0 radical (unpaired) electrons. The number of anilines is 1. The zero-order chi connectivity index (χ0) is 14.4. The largest absolute Gasteiger partial charge is 0.365 e. The highest BCUT2D eigenvalue weighted by atomic mass is 15.2. The summed E-state index contributed by atoms with van der Waals surface area (Å²) in [6, 6.07) is 11.3. The van der Waals surface area contributed by atoms with Gasteiger partial charge in [0, 0.05) is 18.3 Å². The minimum atomic E-state index is 0.558. The van der Waals surface area contributed by atoms with E-state index in [1.807, 2.05) is 6.08 Å². The van der Waals surface area contributed by atoms with Crippen molar-refractivity contribution >= 4 is 5.69 Å². The van der Waals surface area contributed by atoms with Crippen molar-refractivity contribution in [3.05, 3.63) is 66.3 Å².